The summed E-state index contributed by atoms with van der Waals surface area (Å²) in [6, 6.07) is 15.6. The van der Waals surface area contributed by atoms with Crippen molar-refractivity contribution in [1.29, 1.82) is 0 Å². The van der Waals surface area contributed by atoms with Crippen LogP contribution in [0.15, 0.2) is 54.6 Å². The highest BCUT2D eigenvalue weighted by Crippen LogP contribution is 2.18. The van der Waals surface area contributed by atoms with Gasteiger partial charge in [0.05, 0.1) is 6.07 Å². The Morgan fingerprint density at radius 3 is 2.56 bits per heavy atom. The van der Waals surface area contributed by atoms with Crippen molar-refractivity contribution < 1.29 is 14.3 Å². The van der Waals surface area contributed by atoms with Gasteiger partial charge in [-0.05, 0) is 18.2 Å². The summed E-state index contributed by atoms with van der Waals surface area (Å²) >= 11 is 0. The number of hydrogen-bond donors (Lipinski definition) is 0. The second-order valence-corrected chi connectivity index (χ2v) is 3.58. The number of carbonyl (C=O) groups excluding carboxylic acids is 1. The van der Waals surface area contributed by atoms with Gasteiger partial charge < -0.3 is 9.94 Å². The number of benzene rings is 2. The molecule has 0 fully saturated rings. The van der Waals surface area contributed by atoms with Crippen LogP contribution < -0.4 is 4.74 Å². The molecule has 0 heterocycles. The number of ether oxygens (including phenoxy) is 1. The van der Waals surface area contributed by atoms with E-state index in [4.69, 9.17) is 0 Å². The molecule has 0 aromatic heterocycles. The number of rotatable bonds is 4. The molecule has 0 aliphatic rings. The van der Waals surface area contributed by atoms with E-state index in [0.717, 1.165) is 10.3 Å². The first-order chi connectivity index (χ1) is 8.79. The van der Waals surface area contributed by atoms with Gasteiger partial charge in [0, 0.05) is 11.6 Å². The summed E-state index contributed by atoms with van der Waals surface area (Å²) in [6.45, 7) is 0.329. The lowest BCUT2D eigenvalue weighted by molar-refractivity contribution is -0.354. The normalized spacial score (nSPS) is 11.0. The van der Waals surface area contributed by atoms with Crippen molar-refractivity contribution in [1.82, 2.24) is 0 Å². The van der Waals surface area contributed by atoms with E-state index in [1.807, 2.05) is 30.3 Å². The Morgan fingerprint density at radius 1 is 1.06 bits per heavy atom. The predicted molar refractivity (Wildman–Crippen MR) is 68.0 cm³/mol. The lowest BCUT2D eigenvalue weighted by Gasteiger charge is -2.04. The molecule has 0 atom stereocenters. The van der Waals surface area contributed by atoms with Gasteiger partial charge in [-0.25, -0.2) is 0 Å². The first-order valence-corrected chi connectivity index (χ1v) is 5.36. The molecule has 4 nitrogen and oxygen atoms in total. The topological polar surface area (TPSA) is 52.4 Å². The summed E-state index contributed by atoms with van der Waals surface area (Å²) in [7, 11) is 0. The summed E-state index contributed by atoms with van der Waals surface area (Å²) in [4.78, 5) is 10.2. The van der Waals surface area contributed by atoms with Gasteiger partial charge in [-0.2, -0.15) is 4.74 Å². The molecule has 0 bridgehead atoms. The van der Waals surface area contributed by atoms with Gasteiger partial charge >= 0.3 is 0 Å². The Hall–Kier alpha value is -2.62. The summed E-state index contributed by atoms with van der Waals surface area (Å²) in [6.07, 6.45) is 1.46. The van der Waals surface area contributed by atoms with Crippen molar-refractivity contribution in [3.05, 3.63) is 65.4 Å². The first kappa shape index (κ1) is 11.9. The minimum Gasteiger partial charge on any atom is -0.618 e. The molecule has 0 spiro atoms. The zero-order valence-corrected chi connectivity index (χ0v) is 9.52. The van der Waals surface area contributed by atoms with Gasteiger partial charge in [0.25, 0.3) is 6.47 Å². The number of carbonyl (C=O) groups is 1. The molecule has 0 amide bonds. The first-order valence-electron chi connectivity index (χ1n) is 5.36. The van der Waals surface area contributed by atoms with E-state index in [0.29, 0.717) is 17.9 Å². The second kappa shape index (κ2) is 5.63. The van der Waals surface area contributed by atoms with Gasteiger partial charge in [0.1, 0.15) is 5.75 Å². The van der Waals surface area contributed by atoms with E-state index in [-0.39, 0.29) is 0 Å². The molecule has 0 unspecified atom stereocenters. The lowest BCUT2D eigenvalue weighted by atomic mass is 10.2. The maximum Gasteiger partial charge on any atom is 0.298 e. The summed E-state index contributed by atoms with van der Waals surface area (Å²) in [5.41, 5.74) is 1.20. The third-order valence-corrected chi connectivity index (χ3v) is 2.32. The van der Waals surface area contributed by atoms with Crippen molar-refractivity contribution in [3.8, 4) is 5.75 Å². The van der Waals surface area contributed by atoms with Crippen LogP contribution in [0.3, 0.4) is 0 Å². The average molecular weight is 241 g/mol. The quantitative estimate of drug-likeness (QED) is 0.272. The molecule has 2 aromatic rings. The number of nitrogens with zero attached hydrogens (tertiary/aromatic N) is 1. The van der Waals surface area contributed by atoms with Crippen molar-refractivity contribution in [2.45, 2.75) is 0 Å². The third-order valence-electron chi connectivity index (χ3n) is 2.32. The molecule has 18 heavy (non-hydrogen) atoms. The molecule has 0 saturated carbocycles. The highest BCUT2D eigenvalue weighted by molar-refractivity contribution is 5.76. The van der Waals surface area contributed by atoms with Gasteiger partial charge in [-0.3, -0.25) is 4.79 Å². The fraction of sp³-hybridized carbons (Fsp3) is 0. The van der Waals surface area contributed by atoms with Crippen molar-refractivity contribution >= 4 is 18.4 Å². The molecule has 2 aromatic carbocycles. The molecule has 0 aliphatic carbocycles. The van der Waals surface area contributed by atoms with Crippen LogP contribution >= 0.6 is 0 Å². The highest BCUT2D eigenvalue weighted by atomic mass is 16.5. The number of hydrogen-bond acceptors (Lipinski definition) is 3. The maximum absolute atomic E-state index is 11.9. The van der Waals surface area contributed by atoms with Crippen LogP contribution in [0.1, 0.15) is 5.56 Å². The van der Waals surface area contributed by atoms with Crippen molar-refractivity contribution in [2.75, 3.05) is 0 Å². The SMILES string of the molecule is O=COc1cccc([N+]([O-])=Cc2ccccc2)c1. The molecular weight excluding hydrogens is 230 g/mol. The Kier molecular flexibility index (Phi) is 3.71. The molecule has 0 N–H and O–H groups in total. The minimum atomic E-state index is 0.329. The van der Waals surface area contributed by atoms with Crippen LogP contribution in [0.5, 0.6) is 5.75 Å². The average Bonchev–Trinajstić information content (AvgIpc) is 2.40. The Morgan fingerprint density at radius 2 is 1.83 bits per heavy atom. The van der Waals surface area contributed by atoms with Gasteiger partial charge in [0.15, 0.2) is 6.21 Å². The lowest BCUT2D eigenvalue weighted by Crippen LogP contribution is -1.99. The van der Waals surface area contributed by atoms with Crippen LogP contribution in [0.2, 0.25) is 0 Å². The molecule has 0 radical (unpaired) electrons. The summed E-state index contributed by atoms with van der Waals surface area (Å²) < 4.78 is 5.42. The van der Waals surface area contributed by atoms with E-state index >= 15 is 0 Å². The maximum atomic E-state index is 11.9. The standard InChI is InChI=1S/C14H11NO3/c16-11-18-14-8-4-7-13(9-14)15(17)10-12-5-2-1-3-6-12/h1-11H. The zero-order valence-electron chi connectivity index (χ0n) is 9.52. The second-order valence-electron chi connectivity index (χ2n) is 3.58. The molecule has 2 rings (SSSR count). The fourth-order valence-electron chi connectivity index (χ4n) is 1.50. The molecule has 0 aliphatic heterocycles. The van der Waals surface area contributed by atoms with Gasteiger partial charge in [-0.1, -0.05) is 24.3 Å². The third kappa shape index (κ3) is 2.95. The van der Waals surface area contributed by atoms with Crippen LogP contribution in [0, 0.1) is 5.21 Å². The Labute approximate surface area is 104 Å². The van der Waals surface area contributed by atoms with Crippen molar-refractivity contribution in [3.63, 3.8) is 0 Å². The van der Waals surface area contributed by atoms with E-state index in [2.05, 4.69) is 4.74 Å². The van der Waals surface area contributed by atoms with E-state index < -0.39 is 0 Å². The highest BCUT2D eigenvalue weighted by Gasteiger charge is 2.03. The van der Waals surface area contributed by atoms with Crippen LogP contribution in [0.4, 0.5) is 5.69 Å². The van der Waals surface area contributed by atoms with Gasteiger partial charge in [-0.15, -0.1) is 0 Å². The molecule has 4 heteroatoms. The zero-order chi connectivity index (χ0) is 12.8. The molecule has 0 saturated heterocycles. The van der Waals surface area contributed by atoms with E-state index in [9.17, 15) is 10.0 Å². The largest absolute Gasteiger partial charge is 0.618 e. The monoisotopic (exact) mass is 241 g/mol. The molecular formula is C14H11NO3. The van der Waals surface area contributed by atoms with Crippen LogP contribution in [-0.4, -0.2) is 17.4 Å². The van der Waals surface area contributed by atoms with Gasteiger partial charge in [0.2, 0.25) is 5.69 Å². The summed E-state index contributed by atoms with van der Waals surface area (Å²) in [5, 5.41) is 11.9. The van der Waals surface area contributed by atoms with Crippen molar-refractivity contribution in [2.24, 2.45) is 0 Å². The Bertz CT molecular complexity index is 564. The predicted octanol–water partition coefficient (Wildman–Crippen LogP) is 2.48. The Balaban J connectivity index is 2.28. The minimum absolute atomic E-state index is 0.329. The van der Waals surface area contributed by atoms with E-state index in [1.165, 1.54) is 12.3 Å². The smallest absolute Gasteiger partial charge is 0.298 e. The summed E-state index contributed by atoms with van der Waals surface area (Å²) in [5.74, 6) is 0.338. The van der Waals surface area contributed by atoms with Crippen LogP contribution in [0.25, 0.3) is 0 Å². The fourth-order valence-corrected chi connectivity index (χ4v) is 1.50. The van der Waals surface area contributed by atoms with Crippen LogP contribution in [-0.2, 0) is 4.79 Å². The van der Waals surface area contributed by atoms with E-state index in [1.54, 1.807) is 18.2 Å². The molecule has 90 valence electrons.